The zero-order valence-electron chi connectivity index (χ0n) is 11.6. The van der Waals surface area contributed by atoms with Gasteiger partial charge in [-0.2, -0.15) is 0 Å². The topological polar surface area (TPSA) is 55.5 Å². The normalized spacial score (nSPS) is 10.7. The maximum Gasteiger partial charge on any atom is 0.0716 e. The first kappa shape index (κ1) is 14.7. The summed E-state index contributed by atoms with van der Waals surface area (Å²) in [5.41, 5.74) is 10.4. The number of hydrogen-bond acceptors (Lipinski definition) is 3. The van der Waals surface area contributed by atoms with Crippen LogP contribution in [0.3, 0.4) is 0 Å². The Morgan fingerprint density at radius 1 is 1.00 bits per heavy atom. The van der Waals surface area contributed by atoms with E-state index in [4.69, 9.17) is 15.6 Å². The molecule has 0 heterocycles. The first-order chi connectivity index (χ1) is 9.85. The third kappa shape index (κ3) is 3.90. The molecule has 20 heavy (non-hydrogen) atoms. The summed E-state index contributed by atoms with van der Waals surface area (Å²) in [6.07, 6.45) is 0.682. The fraction of sp³-hybridized carbons (Fsp3) is 0.294. The van der Waals surface area contributed by atoms with Gasteiger partial charge in [-0.25, -0.2) is 0 Å². The molecule has 106 valence electrons. The second-order valence-corrected chi connectivity index (χ2v) is 4.69. The highest BCUT2D eigenvalue weighted by molar-refractivity contribution is 5.67. The van der Waals surface area contributed by atoms with Gasteiger partial charge in [0.2, 0.25) is 0 Å². The molecule has 3 N–H and O–H groups in total. The third-order valence-corrected chi connectivity index (χ3v) is 3.22. The lowest BCUT2D eigenvalue weighted by molar-refractivity contribution is 0.104. The van der Waals surface area contributed by atoms with E-state index in [0.717, 1.165) is 11.1 Å². The van der Waals surface area contributed by atoms with Gasteiger partial charge < -0.3 is 15.6 Å². The minimum atomic E-state index is 0.175. The Kier molecular flexibility index (Phi) is 5.74. The van der Waals surface area contributed by atoms with Crippen molar-refractivity contribution in [2.24, 2.45) is 5.73 Å². The Labute approximate surface area is 120 Å². The van der Waals surface area contributed by atoms with Crippen LogP contribution in [0, 0.1) is 0 Å². The summed E-state index contributed by atoms with van der Waals surface area (Å²) < 4.78 is 5.47. The summed E-state index contributed by atoms with van der Waals surface area (Å²) in [6, 6.07) is 16.5. The molecule has 0 radical (unpaired) electrons. The Morgan fingerprint density at radius 3 is 2.45 bits per heavy atom. The molecule has 3 heteroatoms. The van der Waals surface area contributed by atoms with Gasteiger partial charge in [0.1, 0.15) is 0 Å². The fourth-order valence-electron chi connectivity index (χ4n) is 2.12. The number of benzene rings is 2. The van der Waals surface area contributed by atoms with E-state index < -0.39 is 0 Å². The maximum absolute atomic E-state index is 8.69. The quantitative estimate of drug-likeness (QED) is 0.761. The summed E-state index contributed by atoms with van der Waals surface area (Å²) in [5, 5.41) is 8.69. The van der Waals surface area contributed by atoms with Crippen LogP contribution in [0.4, 0.5) is 0 Å². The van der Waals surface area contributed by atoms with Gasteiger partial charge in [0.15, 0.2) is 0 Å². The highest BCUT2D eigenvalue weighted by atomic mass is 16.5. The minimum Gasteiger partial charge on any atom is -0.396 e. The molecule has 0 unspecified atom stereocenters. The van der Waals surface area contributed by atoms with Crippen molar-refractivity contribution in [3.63, 3.8) is 0 Å². The number of aliphatic hydroxyl groups excluding tert-OH is 1. The average Bonchev–Trinajstić information content (AvgIpc) is 2.52. The average molecular weight is 271 g/mol. The number of rotatable bonds is 7. The first-order valence-corrected chi connectivity index (χ1v) is 6.91. The Balaban J connectivity index is 2.04. The van der Waals surface area contributed by atoms with Crippen LogP contribution in [-0.2, 0) is 17.9 Å². The van der Waals surface area contributed by atoms with Gasteiger partial charge in [-0.05, 0) is 28.7 Å². The van der Waals surface area contributed by atoms with Gasteiger partial charge >= 0.3 is 0 Å². The van der Waals surface area contributed by atoms with Crippen molar-refractivity contribution >= 4 is 0 Å². The molecule has 3 nitrogen and oxygen atoms in total. The Morgan fingerprint density at radius 2 is 1.75 bits per heavy atom. The van der Waals surface area contributed by atoms with E-state index in [9.17, 15) is 0 Å². The van der Waals surface area contributed by atoms with Gasteiger partial charge in [-0.3, -0.25) is 0 Å². The summed E-state index contributed by atoms with van der Waals surface area (Å²) >= 11 is 0. The molecule has 0 aliphatic heterocycles. The van der Waals surface area contributed by atoms with Crippen LogP contribution in [0.15, 0.2) is 48.5 Å². The maximum atomic E-state index is 8.69. The molecular formula is C17H21NO2. The van der Waals surface area contributed by atoms with Gasteiger partial charge in [0.05, 0.1) is 6.61 Å². The molecule has 2 aromatic carbocycles. The number of nitrogens with two attached hydrogens (primary N) is 1. The molecule has 0 aromatic heterocycles. The number of hydrogen-bond donors (Lipinski definition) is 2. The summed E-state index contributed by atoms with van der Waals surface area (Å²) in [5.74, 6) is 0. The van der Waals surface area contributed by atoms with E-state index in [0.29, 0.717) is 26.2 Å². The highest BCUT2D eigenvalue weighted by Crippen LogP contribution is 2.23. The Hall–Kier alpha value is -1.68. The highest BCUT2D eigenvalue weighted by Gasteiger charge is 2.03. The van der Waals surface area contributed by atoms with Crippen molar-refractivity contribution in [1.82, 2.24) is 0 Å². The fourth-order valence-corrected chi connectivity index (χ4v) is 2.12. The van der Waals surface area contributed by atoms with Crippen LogP contribution in [0.2, 0.25) is 0 Å². The molecule has 0 bridgehead atoms. The third-order valence-electron chi connectivity index (χ3n) is 3.22. The Bertz CT molecular complexity index is 523. The number of aliphatic hydroxyl groups is 1. The van der Waals surface area contributed by atoms with E-state index in [-0.39, 0.29) is 6.61 Å². The SMILES string of the molecule is NCc1ccccc1-c1ccc(COCCCO)cc1. The zero-order valence-corrected chi connectivity index (χ0v) is 11.6. The summed E-state index contributed by atoms with van der Waals surface area (Å²) in [7, 11) is 0. The molecule has 0 spiro atoms. The van der Waals surface area contributed by atoms with Crippen molar-refractivity contribution in [3.05, 3.63) is 59.7 Å². The van der Waals surface area contributed by atoms with Gasteiger partial charge in [-0.1, -0.05) is 48.5 Å². The van der Waals surface area contributed by atoms with E-state index in [1.165, 1.54) is 11.1 Å². The standard InChI is InChI=1S/C17H21NO2/c18-12-16-4-1-2-5-17(16)15-8-6-14(7-9-15)13-20-11-3-10-19/h1-2,4-9,19H,3,10-13,18H2. The van der Waals surface area contributed by atoms with Crippen LogP contribution in [0.1, 0.15) is 17.5 Å². The molecule has 0 aliphatic carbocycles. The van der Waals surface area contributed by atoms with E-state index in [1.807, 2.05) is 12.1 Å². The van der Waals surface area contributed by atoms with Gasteiger partial charge in [-0.15, -0.1) is 0 Å². The zero-order chi connectivity index (χ0) is 14.2. The van der Waals surface area contributed by atoms with Crippen LogP contribution >= 0.6 is 0 Å². The molecule has 0 saturated heterocycles. The van der Waals surface area contributed by atoms with E-state index in [1.54, 1.807) is 0 Å². The second kappa shape index (κ2) is 7.80. The van der Waals surface area contributed by atoms with Crippen molar-refractivity contribution in [3.8, 4) is 11.1 Å². The van der Waals surface area contributed by atoms with Crippen LogP contribution in [0.5, 0.6) is 0 Å². The molecule has 2 rings (SSSR count). The lowest BCUT2D eigenvalue weighted by Gasteiger charge is -2.09. The van der Waals surface area contributed by atoms with Crippen molar-refractivity contribution < 1.29 is 9.84 Å². The van der Waals surface area contributed by atoms with Crippen molar-refractivity contribution in [2.75, 3.05) is 13.2 Å². The van der Waals surface area contributed by atoms with E-state index >= 15 is 0 Å². The smallest absolute Gasteiger partial charge is 0.0716 e. The van der Waals surface area contributed by atoms with Crippen molar-refractivity contribution in [2.45, 2.75) is 19.6 Å². The lowest BCUT2D eigenvalue weighted by atomic mass is 9.99. The second-order valence-electron chi connectivity index (χ2n) is 4.69. The summed E-state index contributed by atoms with van der Waals surface area (Å²) in [4.78, 5) is 0. The van der Waals surface area contributed by atoms with Gasteiger partial charge in [0, 0.05) is 19.8 Å². The van der Waals surface area contributed by atoms with Gasteiger partial charge in [0.25, 0.3) is 0 Å². The molecule has 0 amide bonds. The monoisotopic (exact) mass is 271 g/mol. The molecule has 0 atom stereocenters. The minimum absolute atomic E-state index is 0.175. The van der Waals surface area contributed by atoms with E-state index in [2.05, 4.69) is 36.4 Å². The predicted octanol–water partition coefficient (Wildman–Crippen LogP) is 2.71. The summed E-state index contributed by atoms with van der Waals surface area (Å²) in [6.45, 7) is 1.89. The van der Waals surface area contributed by atoms with Crippen LogP contribution < -0.4 is 5.73 Å². The first-order valence-electron chi connectivity index (χ1n) is 6.91. The predicted molar refractivity (Wildman–Crippen MR) is 81.1 cm³/mol. The molecule has 0 fully saturated rings. The van der Waals surface area contributed by atoms with Crippen molar-refractivity contribution in [1.29, 1.82) is 0 Å². The van der Waals surface area contributed by atoms with Crippen LogP contribution in [0.25, 0.3) is 11.1 Å². The molecular weight excluding hydrogens is 250 g/mol. The number of ether oxygens (including phenoxy) is 1. The van der Waals surface area contributed by atoms with Crippen LogP contribution in [-0.4, -0.2) is 18.3 Å². The molecule has 0 saturated carbocycles. The molecule has 2 aromatic rings. The molecule has 0 aliphatic rings. The lowest BCUT2D eigenvalue weighted by Crippen LogP contribution is -1.99. The largest absolute Gasteiger partial charge is 0.396 e.